The molecule has 7 nitrogen and oxygen atoms in total. The number of carbonyl (C=O) groups is 2. The molecule has 0 saturated carbocycles. The molecular formula is C19H27BN2O5. The summed E-state index contributed by atoms with van der Waals surface area (Å²) >= 11 is 0. The van der Waals surface area contributed by atoms with Gasteiger partial charge in [0.1, 0.15) is 0 Å². The first-order valence-electron chi connectivity index (χ1n) is 9.25. The average Bonchev–Trinajstić information content (AvgIpc) is 2.82. The molecule has 146 valence electrons. The van der Waals surface area contributed by atoms with E-state index in [0.29, 0.717) is 31.7 Å². The monoisotopic (exact) mass is 374 g/mol. The average molecular weight is 374 g/mol. The smallest absolute Gasteiger partial charge is 0.465 e. The van der Waals surface area contributed by atoms with Crippen molar-refractivity contribution >= 4 is 30.1 Å². The number of carbonyl (C=O) groups excluding carboxylic acids is 1. The number of carboxylic acid groups (broad SMARTS) is 1. The summed E-state index contributed by atoms with van der Waals surface area (Å²) in [5, 5.41) is 9.09. The molecule has 0 aliphatic carbocycles. The van der Waals surface area contributed by atoms with Gasteiger partial charge in [0.25, 0.3) is 0 Å². The van der Waals surface area contributed by atoms with E-state index in [0.717, 1.165) is 11.2 Å². The molecule has 0 radical (unpaired) electrons. The van der Waals surface area contributed by atoms with E-state index in [2.05, 4.69) is 4.90 Å². The van der Waals surface area contributed by atoms with Crippen LogP contribution in [0.15, 0.2) is 18.2 Å². The number of rotatable bonds is 3. The summed E-state index contributed by atoms with van der Waals surface area (Å²) in [4.78, 5) is 26.9. The van der Waals surface area contributed by atoms with Crippen molar-refractivity contribution in [2.45, 2.75) is 45.8 Å². The van der Waals surface area contributed by atoms with Gasteiger partial charge in [-0.3, -0.25) is 4.79 Å². The zero-order valence-corrected chi connectivity index (χ0v) is 16.6. The van der Waals surface area contributed by atoms with Crippen molar-refractivity contribution in [2.24, 2.45) is 0 Å². The summed E-state index contributed by atoms with van der Waals surface area (Å²) < 4.78 is 12.2. The Labute approximate surface area is 160 Å². The molecule has 27 heavy (non-hydrogen) atoms. The number of nitrogens with zero attached hydrogens (tertiary/aromatic N) is 2. The number of hydrogen-bond acceptors (Lipinski definition) is 5. The van der Waals surface area contributed by atoms with Gasteiger partial charge in [-0.05, 0) is 52.2 Å². The Bertz CT molecular complexity index is 740. The second-order valence-electron chi connectivity index (χ2n) is 8.17. The van der Waals surface area contributed by atoms with Gasteiger partial charge < -0.3 is 24.2 Å². The number of hydrogen-bond donors (Lipinski definition) is 1. The van der Waals surface area contributed by atoms with Crippen LogP contribution in [0.5, 0.6) is 0 Å². The third-order valence-electron chi connectivity index (χ3n) is 5.84. The summed E-state index contributed by atoms with van der Waals surface area (Å²) in [5.74, 6) is -0.0502. The summed E-state index contributed by atoms with van der Waals surface area (Å²) in [6, 6.07) is 5.69. The number of amides is 1. The van der Waals surface area contributed by atoms with Crippen LogP contribution >= 0.6 is 0 Å². The van der Waals surface area contributed by atoms with E-state index in [9.17, 15) is 9.59 Å². The minimum Gasteiger partial charge on any atom is -0.465 e. The van der Waals surface area contributed by atoms with Crippen molar-refractivity contribution in [3.05, 3.63) is 23.8 Å². The second kappa shape index (κ2) is 6.84. The van der Waals surface area contributed by atoms with E-state index in [1.807, 2.05) is 45.9 Å². The highest BCUT2D eigenvalue weighted by atomic mass is 16.7. The molecule has 1 aromatic rings. The Morgan fingerprint density at radius 3 is 2.07 bits per heavy atom. The van der Waals surface area contributed by atoms with Crippen molar-refractivity contribution in [2.75, 3.05) is 31.1 Å². The molecule has 1 amide bonds. The van der Waals surface area contributed by atoms with Crippen LogP contribution in [0.4, 0.5) is 10.5 Å². The summed E-state index contributed by atoms with van der Waals surface area (Å²) in [5.41, 5.74) is 1.26. The first-order valence-corrected chi connectivity index (χ1v) is 9.25. The third-order valence-corrected chi connectivity index (χ3v) is 5.84. The molecule has 0 aromatic heterocycles. The van der Waals surface area contributed by atoms with Crippen molar-refractivity contribution in [3.8, 4) is 0 Å². The quantitative estimate of drug-likeness (QED) is 0.644. The number of benzene rings is 1. The second-order valence-corrected chi connectivity index (χ2v) is 8.17. The van der Waals surface area contributed by atoms with Crippen molar-refractivity contribution in [1.29, 1.82) is 0 Å². The number of piperazine rings is 1. The van der Waals surface area contributed by atoms with E-state index in [-0.39, 0.29) is 5.78 Å². The van der Waals surface area contributed by atoms with Crippen LogP contribution < -0.4 is 10.4 Å². The van der Waals surface area contributed by atoms with E-state index in [1.54, 1.807) is 0 Å². The minimum atomic E-state index is -0.893. The topological polar surface area (TPSA) is 79.3 Å². The van der Waals surface area contributed by atoms with Crippen LogP contribution in [-0.2, 0) is 9.31 Å². The first-order chi connectivity index (χ1) is 12.5. The van der Waals surface area contributed by atoms with E-state index in [1.165, 1.54) is 11.8 Å². The van der Waals surface area contributed by atoms with Crippen molar-refractivity contribution in [1.82, 2.24) is 4.90 Å². The maximum atomic E-state index is 12.3. The third kappa shape index (κ3) is 3.68. The molecule has 0 spiro atoms. The molecule has 0 bridgehead atoms. The van der Waals surface area contributed by atoms with Crippen molar-refractivity contribution in [3.63, 3.8) is 0 Å². The highest BCUT2D eigenvalue weighted by Gasteiger charge is 2.52. The van der Waals surface area contributed by atoms with Gasteiger partial charge in [0.15, 0.2) is 5.78 Å². The van der Waals surface area contributed by atoms with Crippen molar-refractivity contribution < 1.29 is 24.0 Å². The first kappa shape index (κ1) is 19.7. The maximum Gasteiger partial charge on any atom is 0.495 e. The predicted molar refractivity (Wildman–Crippen MR) is 104 cm³/mol. The van der Waals surface area contributed by atoms with Gasteiger partial charge in [-0.15, -0.1) is 0 Å². The molecule has 3 rings (SSSR count). The number of Topliss-reactive ketones (excluding diaryl/α,β-unsaturated/α-hetero) is 1. The number of anilines is 1. The Kier molecular flexibility index (Phi) is 4.99. The standard InChI is InChI=1S/C19H27BN2O5/c1-13(23)15-12-14(21-8-10-22(11-9-21)17(24)25)6-7-16(15)20-26-18(2,3)19(4,5)27-20/h6-7,12H,8-11H2,1-5H3,(H,24,25). The lowest BCUT2D eigenvalue weighted by Gasteiger charge is -2.35. The SMILES string of the molecule is CC(=O)c1cc(N2CCN(C(=O)O)CC2)ccc1B1OC(C)(C)C(C)(C)O1. The van der Waals surface area contributed by atoms with Crippen LogP contribution in [0, 0.1) is 0 Å². The van der Waals surface area contributed by atoms with Gasteiger partial charge >= 0.3 is 13.2 Å². The van der Waals surface area contributed by atoms with Crippen LogP contribution in [0.1, 0.15) is 45.0 Å². The highest BCUT2D eigenvalue weighted by molar-refractivity contribution is 6.63. The Morgan fingerprint density at radius 2 is 1.59 bits per heavy atom. The minimum absolute atomic E-state index is 0.0502. The van der Waals surface area contributed by atoms with E-state index in [4.69, 9.17) is 14.4 Å². The molecule has 1 N–H and O–H groups in total. The fourth-order valence-electron chi connectivity index (χ4n) is 3.38. The molecular weight excluding hydrogens is 347 g/mol. The van der Waals surface area contributed by atoms with Crippen LogP contribution in [0.3, 0.4) is 0 Å². The Hall–Kier alpha value is -2.06. The van der Waals surface area contributed by atoms with Crippen LogP contribution in [0.25, 0.3) is 0 Å². The Morgan fingerprint density at radius 1 is 1.04 bits per heavy atom. The molecule has 2 aliphatic rings. The lowest BCUT2D eigenvalue weighted by Crippen LogP contribution is -2.48. The zero-order chi connectivity index (χ0) is 20.0. The largest absolute Gasteiger partial charge is 0.495 e. The lowest BCUT2D eigenvalue weighted by molar-refractivity contribution is 0.00578. The fraction of sp³-hybridized carbons (Fsp3) is 0.579. The molecule has 2 saturated heterocycles. The van der Waals surface area contributed by atoms with Gasteiger partial charge in [0.2, 0.25) is 0 Å². The van der Waals surface area contributed by atoms with Gasteiger partial charge in [0.05, 0.1) is 11.2 Å². The van der Waals surface area contributed by atoms with Crippen LogP contribution in [-0.4, -0.2) is 66.4 Å². The molecule has 0 unspecified atom stereocenters. The molecule has 1 aromatic carbocycles. The summed E-state index contributed by atoms with van der Waals surface area (Å²) in [7, 11) is -0.591. The molecule has 8 heteroatoms. The molecule has 0 atom stereocenters. The molecule has 2 fully saturated rings. The normalized spacial score (nSPS) is 21.4. The molecule has 2 aliphatic heterocycles. The van der Waals surface area contributed by atoms with E-state index >= 15 is 0 Å². The summed E-state index contributed by atoms with van der Waals surface area (Å²) in [6.45, 7) is 11.6. The Balaban J connectivity index is 1.85. The molecule has 2 heterocycles. The van der Waals surface area contributed by atoms with Gasteiger partial charge in [0, 0.05) is 37.4 Å². The number of ketones is 1. The summed E-state index contributed by atoms with van der Waals surface area (Å²) in [6.07, 6.45) is -0.893. The van der Waals surface area contributed by atoms with Gasteiger partial charge in [-0.2, -0.15) is 0 Å². The lowest BCUT2D eigenvalue weighted by atomic mass is 9.75. The predicted octanol–water partition coefficient (Wildman–Crippen LogP) is 1.99. The fourth-order valence-corrected chi connectivity index (χ4v) is 3.38. The van der Waals surface area contributed by atoms with Gasteiger partial charge in [-0.1, -0.05) is 6.07 Å². The maximum absolute atomic E-state index is 12.3. The van der Waals surface area contributed by atoms with Gasteiger partial charge in [-0.25, -0.2) is 4.79 Å². The highest BCUT2D eigenvalue weighted by Crippen LogP contribution is 2.37. The zero-order valence-electron chi connectivity index (χ0n) is 16.6. The van der Waals surface area contributed by atoms with Crippen LogP contribution in [0.2, 0.25) is 0 Å². The van der Waals surface area contributed by atoms with E-state index < -0.39 is 24.4 Å².